The molecule has 19 heavy (non-hydrogen) atoms. The summed E-state index contributed by atoms with van der Waals surface area (Å²) in [5, 5.41) is 3.48. The fourth-order valence-corrected chi connectivity index (χ4v) is 2.68. The molecule has 0 bridgehead atoms. The number of benzene rings is 1. The number of hydrogen-bond donors (Lipinski definition) is 1. The van der Waals surface area contributed by atoms with Crippen molar-refractivity contribution >= 4 is 0 Å². The van der Waals surface area contributed by atoms with Crippen molar-refractivity contribution in [3.8, 4) is 5.69 Å². The van der Waals surface area contributed by atoms with Gasteiger partial charge in [0.1, 0.15) is 5.82 Å². The minimum absolute atomic E-state index is 0.199. The lowest BCUT2D eigenvalue weighted by atomic mass is 10.0. The average molecular weight is 259 g/mol. The summed E-state index contributed by atoms with van der Waals surface area (Å²) < 4.78 is 16.0. The van der Waals surface area contributed by atoms with Gasteiger partial charge in [0.25, 0.3) is 0 Å². The molecule has 3 nitrogen and oxygen atoms in total. The van der Waals surface area contributed by atoms with Crippen LogP contribution >= 0.6 is 0 Å². The van der Waals surface area contributed by atoms with E-state index in [1.807, 2.05) is 29.8 Å². The Hall–Kier alpha value is -1.68. The molecule has 0 amide bonds. The Kier molecular flexibility index (Phi) is 3.34. The molecule has 3 rings (SSSR count). The topological polar surface area (TPSA) is 29.9 Å². The van der Waals surface area contributed by atoms with E-state index in [2.05, 4.69) is 10.3 Å². The number of hydrogen-bond acceptors (Lipinski definition) is 2. The average Bonchev–Trinajstić information content (AvgIpc) is 2.89. The Bertz CT molecular complexity index is 571. The molecule has 1 atom stereocenters. The number of halogens is 1. The van der Waals surface area contributed by atoms with Crippen LogP contribution in [-0.4, -0.2) is 16.1 Å². The van der Waals surface area contributed by atoms with Gasteiger partial charge in [-0.25, -0.2) is 9.37 Å². The van der Waals surface area contributed by atoms with E-state index in [9.17, 15) is 4.39 Å². The molecule has 0 spiro atoms. The zero-order valence-corrected chi connectivity index (χ0v) is 11.1. The summed E-state index contributed by atoms with van der Waals surface area (Å²) in [6.45, 7) is 2.91. The second kappa shape index (κ2) is 5.13. The first kappa shape index (κ1) is 12.4. The maximum absolute atomic E-state index is 14.1. The number of aromatic nitrogens is 2. The van der Waals surface area contributed by atoms with Gasteiger partial charge in [0, 0.05) is 6.04 Å². The quantitative estimate of drug-likeness (QED) is 0.898. The molecule has 0 radical (unpaired) electrons. The Balaban J connectivity index is 1.99. The molecule has 2 heterocycles. The van der Waals surface area contributed by atoms with Gasteiger partial charge in [-0.15, -0.1) is 0 Å². The van der Waals surface area contributed by atoms with Crippen molar-refractivity contribution in [3.63, 3.8) is 0 Å². The molecule has 1 fully saturated rings. The summed E-state index contributed by atoms with van der Waals surface area (Å²) in [5.41, 5.74) is 2.55. The highest BCUT2D eigenvalue weighted by Gasteiger charge is 2.20. The van der Waals surface area contributed by atoms with Crippen LogP contribution in [-0.2, 0) is 0 Å². The second-order valence-corrected chi connectivity index (χ2v) is 5.15. The van der Waals surface area contributed by atoms with E-state index >= 15 is 0 Å². The van der Waals surface area contributed by atoms with Gasteiger partial charge in [-0.05, 0) is 44.0 Å². The molecule has 1 saturated heterocycles. The molecule has 1 aromatic carbocycles. The maximum atomic E-state index is 14.1. The van der Waals surface area contributed by atoms with Crippen molar-refractivity contribution in [2.75, 3.05) is 6.54 Å². The van der Waals surface area contributed by atoms with Gasteiger partial charge in [-0.3, -0.25) is 4.57 Å². The standard InChI is InChI=1S/C15H18FN3/c1-11-5-6-14(12(16)8-11)19-10-17-9-15(19)13-4-2-3-7-18-13/h5-6,8-10,13,18H,2-4,7H2,1H3. The Morgan fingerprint density at radius 1 is 1.37 bits per heavy atom. The van der Waals surface area contributed by atoms with Crippen LogP contribution in [0.2, 0.25) is 0 Å². The predicted octanol–water partition coefficient (Wildman–Crippen LogP) is 3.13. The van der Waals surface area contributed by atoms with Crippen LogP contribution in [0.4, 0.5) is 4.39 Å². The number of rotatable bonds is 2. The Morgan fingerprint density at radius 3 is 3.00 bits per heavy atom. The molecule has 2 aromatic rings. The van der Waals surface area contributed by atoms with Crippen LogP contribution in [0.5, 0.6) is 0 Å². The SMILES string of the molecule is Cc1ccc(-n2cncc2C2CCCCN2)c(F)c1. The first-order valence-electron chi connectivity index (χ1n) is 6.78. The number of piperidine rings is 1. The number of aryl methyl sites for hydroxylation is 1. The van der Waals surface area contributed by atoms with E-state index in [4.69, 9.17) is 0 Å². The number of imidazole rings is 1. The molecule has 1 aliphatic rings. The monoisotopic (exact) mass is 259 g/mol. The molecular weight excluding hydrogens is 241 g/mol. The van der Waals surface area contributed by atoms with Gasteiger partial charge < -0.3 is 5.32 Å². The zero-order valence-electron chi connectivity index (χ0n) is 11.1. The predicted molar refractivity (Wildman–Crippen MR) is 72.9 cm³/mol. The second-order valence-electron chi connectivity index (χ2n) is 5.15. The van der Waals surface area contributed by atoms with Crippen molar-refractivity contribution < 1.29 is 4.39 Å². The van der Waals surface area contributed by atoms with Crippen LogP contribution in [0.3, 0.4) is 0 Å². The van der Waals surface area contributed by atoms with Gasteiger partial charge in [-0.2, -0.15) is 0 Å². The van der Waals surface area contributed by atoms with Crippen molar-refractivity contribution in [1.82, 2.24) is 14.9 Å². The van der Waals surface area contributed by atoms with E-state index in [1.165, 1.54) is 12.8 Å². The van der Waals surface area contributed by atoms with Gasteiger partial charge in [0.05, 0.1) is 23.9 Å². The molecule has 1 unspecified atom stereocenters. The van der Waals surface area contributed by atoms with Crippen LogP contribution in [0.15, 0.2) is 30.7 Å². The highest BCUT2D eigenvalue weighted by atomic mass is 19.1. The van der Waals surface area contributed by atoms with E-state index < -0.39 is 0 Å². The van der Waals surface area contributed by atoms with E-state index in [0.717, 1.165) is 24.2 Å². The maximum Gasteiger partial charge on any atom is 0.147 e. The molecule has 0 saturated carbocycles. The molecular formula is C15H18FN3. The fourth-order valence-electron chi connectivity index (χ4n) is 2.68. The van der Waals surface area contributed by atoms with Gasteiger partial charge >= 0.3 is 0 Å². The summed E-state index contributed by atoms with van der Waals surface area (Å²) >= 11 is 0. The molecule has 100 valence electrons. The smallest absolute Gasteiger partial charge is 0.147 e. The molecule has 1 aliphatic heterocycles. The van der Waals surface area contributed by atoms with E-state index in [1.54, 1.807) is 12.4 Å². The molecule has 1 aromatic heterocycles. The van der Waals surface area contributed by atoms with Crippen LogP contribution in [0.25, 0.3) is 5.69 Å². The molecule has 0 aliphatic carbocycles. The van der Waals surface area contributed by atoms with Crippen molar-refractivity contribution in [1.29, 1.82) is 0 Å². The van der Waals surface area contributed by atoms with Crippen molar-refractivity contribution in [2.45, 2.75) is 32.2 Å². The summed E-state index contributed by atoms with van der Waals surface area (Å²) in [4.78, 5) is 4.19. The third-order valence-corrected chi connectivity index (χ3v) is 3.70. The highest BCUT2D eigenvalue weighted by molar-refractivity contribution is 5.38. The lowest BCUT2D eigenvalue weighted by Gasteiger charge is -2.24. The van der Waals surface area contributed by atoms with Crippen LogP contribution < -0.4 is 5.32 Å². The minimum Gasteiger partial charge on any atom is -0.309 e. The Labute approximate surface area is 112 Å². The lowest BCUT2D eigenvalue weighted by molar-refractivity contribution is 0.401. The summed E-state index contributed by atoms with van der Waals surface area (Å²) in [7, 11) is 0. The third kappa shape index (κ3) is 2.40. The van der Waals surface area contributed by atoms with Crippen LogP contribution in [0, 0.1) is 12.7 Å². The molecule has 4 heteroatoms. The third-order valence-electron chi connectivity index (χ3n) is 3.70. The zero-order chi connectivity index (χ0) is 13.2. The minimum atomic E-state index is -0.199. The van der Waals surface area contributed by atoms with Gasteiger partial charge in [-0.1, -0.05) is 12.5 Å². The summed E-state index contributed by atoms with van der Waals surface area (Å²) in [5.74, 6) is -0.199. The Morgan fingerprint density at radius 2 is 2.26 bits per heavy atom. The highest BCUT2D eigenvalue weighted by Crippen LogP contribution is 2.26. The summed E-state index contributed by atoms with van der Waals surface area (Å²) in [6.07, 6.45) is 7.03. The normalized spacial score (nSPS) is 19.6. The van der Waals surface area contributed by atoms with Crippen molar-refractivity contribution in [2.24, 2.45) is 0 Å². The van der Waals surface area contributed by atoms with E-state index in [-0.39, 0.29) is 11.9 Å². The molecule has 1 N–H and O–H groups in total. The largest absolute Gasteiger partial charge is 0.309 e. The van der Waals surface area contributed by atoms with Gasteiger partial charge in [0.2, 0.25) is 0 Å². The van der Waals surface area contributed by atoms with E-state index in [0.29, 0.717) is 5.69 Å². The van der Waals surface area contributed by atoms with Crippen molar-refractivity contribution in [3.05, 3.63) is 47.8 Å². The lowest BCUT2D eigenvalue weighted by Crippen LogP contribution is -2.28. The van der Waals surface area contributed by atoms with Gasteiger partial charge in [0.15, 0.2) is 0 Å². The fraction of sp³-hybridized carbons (Fsp3) is 0.400. The number of nitrogens with one attached hydrogen (secondary N) is 1. The van der Waals surface area contributed by atoms with Crippen LogP contribution in [0.1, 0.15) is 36.6 Å². The first-order chi connectivity index (χ1) is 9.25. The first-order valence-corrected chi connectivity index (χ1v) is 6.78. The summed E-state index contributed by atoms with van der Waals surface area (Å²) in [6, 6.07) is 5.58. The number of nitrogens with zero attached hydrogens (tertiary/aromatic N) is 2.